The number of aryl methyl sites for hydroxylation is 2. The van der Waals surface area contributed by atoms with Crippen molar-refractivity contribution in [3.05, 3.63) is 65.0 Å². The van der Waals surface area contributed by atoms with Gasteiger partial charge in [-0.15, -0.1) is 0 Å². The molecule has 2 amide bonds. The van der Waals surface area contributed by atoms with Gasteiger partial charge in [-0.25, -0.2) is 29.9 Å². The fourth-order valence-electron chi connectivity index (χ4n) is 7.83. The van der Waals surface area contributed by atoms with Crippen molar-refractivity contribution in [2.75, 3.05) is 23.7 Å². The molecule has 16 heteroatoms. The molecule has 0 aromatic carbocycles. The van der Waals surface area contributed by atoms with Crippen molar-refractivity contribution < 1.29 is 9.59 Å². The molecule has 0 spiro atoms. The van der Waals surface area contributed by atoms with Crippen molar-refractivity contribution in [2.45, 2.75) is 164 Å². The Morgan fingerprint density at radius 2 is 1.13 bits per heavy atom. The van der Waals surface area contributed by atoms with E-state index in [4.69, 9.17) is 16.6 Å². The molecule has 0 saturated heterocycles. The predicted octanol–water partition coefficient (Wildman–Crippen LogP) is 8.23. The molecule has 0 atom stereocenters. The second-order valence-corrected chi connectivity index (χ2v) is 31.8. The summed E-state index contributed by atoms with van der Waals surface area (Å²) in [5, 5.41) is 12.3. The number of amides is 2. The Labute approximate surface area is 379 Å². The first kappa shape index (κ1) is 50.6. The van der Waals surface area contributed by atoms with E-state index in [1.54, 1.807) is 18.6 Å². The van der Waals surface area contributed by atoms with Crippen molar-refractivity contribution in [3.63, 3.8) is 0 Å². The Morgan fingerprint density at radius 1 is 0.645 bits per heavy atom. The molecule has 4 heterocycles. The number of anilines is 2. The van der Waals surface area contributed by atoms with Gasteiger partial charge in [0.25, 0.3) is 0 Å². The Morgan fingerprint density at radius 3 is 1.58 bits per heavy atom. The van der Waals surface area contributed by atoms with E-state index in [2.05, 4.69) is 83.0 Å². The third-order valence-electron chi connectivity index (χ3n) is 10.7. The summed E-state index contributed by atoms with van der Waals surface area (Å²) in [6.45, 7) is 19.0. The number of hydrogen-bond donors (Lipinski definition) is 4. The van der Waals surface area contributed by atoms with E-state index >= 15 is 0 Å². The van der Waals surface area contributed by atoms with E-state index in [9.17, 15) is 9.59 Å². The molecule has 14 nitrogen and oxygen atoms in total. The molecule has 0 bridgehead atoms. The SMILES string of the molecule is CC(C)(C)NC(=O)CNc1nc(-c2ccncn2)nc2c1CCC2.CC(C)(C)NC(=O)CNc1nc(Cl)nc2c1CCC2.CCC[CH2][Sn]([CH2]CCC)([CH2]CCC)[c]1ccncn1. The summed E-state index contributed by atoms with van der Waals surface area (Å²) in [6.07, 6.45) is 20.9. The van der Waals surface area contributed by atoms with Crippen LogP contribution in [0.25, 0.3) is 11.5 Å². The number of unbranched alkanes of at least 4 members (excludes halogenated alkanes) is 3. The van der Waals surface area contributed by atoms with E-state index in [1.165, 1.54) is 61.9 Å². The van der Waals surface area contributed by atoms with Crippen LogP contribution in [0.1, 0.15) is 136 Å². The van der Waals surface area contributed by atoms with E-state index < -0.39 is 18.4 Å². The molecule has 0 unspecified atom stereocenters. The minimum atomic E-state index is -2.25. The van der Waals surface area contributed by atoms with Gasteiger partial charge in [0.1, 0.15) is 23.7 Å². The summed E-state index contributed by atoms with van der Waals surface area (Å²) < 4.78 is 5.95. The maximum absolute atomic E-state index is 12.0. The predicted molar refractivity (Wildman–Crippen MR) is 253 cm³/mol. The average Bonchev–Trinajstić information content (AvgIpc) is 3.92. The summed E-state index contributed by atoms with van der Waals surface area (Å²) in [7, 11) is 0. The molecule has 2 aliphatic carbocycles. The number of carbonyl (C=O) groups excluding carboxylic acids is 2. The summed E-state index contributed by atoms with van der Waals surface area (Å²) >= 11 is 3.64. The van der Waals surface area contributed by atoms with Gasteiger partial charge in [-0.05, 0) is 97.7 Å². The van der Waals surface area contributed by atoms with E-state index in [1.807, 2.05) is 47.7 Å². The van der Waals surface area contributed by atoms with Crippen LogP contribution < -0.4 is 25.0 Å². The summed E-state index contributed by atoms with van der Waals surface area (Å²) in [6, 6.07) is 4.02. The standard InChI is InChI=1S/C17H22N6O.C13H19ClN4O.C4H3N2.3C4H9.Sn/c1-17(2,3)23-14(24)9-19-15-11-5-4-6-12(11)21-16(22-15)13-7-8-18-10-20-13;1-13(2,3)18-10(19)7-15-11-8-5-4-6-9(8)16-12(14)17-11;1-2-5-4-6-3-1;3*1-3-4-2;/h7-8,10H,4-6,9H2,1-3H3,(H,23,24)(H,19,21,22);4-7H2,1-3H3,(H,18,19)(H,15,16,17);1-2,4H;3*1,3-4H2,2H3;. The van der Waals surface area contributed by atoms with Crippen LogP contribution in [0.15, 0.2) is 37.2 Å². The zero-order valence-electron chi connectivity index (χ0n) is 38.8. The monoisotopic (exact) mass is 978 g/mol. The van der Waals surface area contributed by atoms with Crippen molar-refractivity contribution in [1.29, 1.82) is 0 Å². The molecule has 0 radical (unpaired) electrons. The fourth-order valence-corrected chi connectivity index (χ4v) is 23.3. The second-order valence-electron chi connectivity index (χ2n) is 18.4. The number of rotatable bonds is 17. The molecule has 0 fully saturated rings. The molecule has 0 saturated carbocycles. The quantitative estimate of drug-likeness (QED) is 0.0588. The summed E-state index contributed by atoms with van der Waals surface area (Å²) in [5.41, 5.74) is 4.44. The minimum absolute atomic E-state index is 0.0588. The molecule has 4 N–H and O–H groups in total. The number of hydrogen-bond acceptors (Lipinski definition) is 12. The Kier molecular flexibility index (Phi) is 20.2. The first-order chi connectivity index (χ1) is 29.6. The van der Waals surface area contributed by atoms with Crippen LogP contribution >= 0.6 is 11.6 Å². The molecular weight excluding hydrogens is 907 g/mol. The molecule has 6 rings (SSSR count). The summed E-state index contributed by atoms with van der Waals surface area (Å²) in [5.74, 6) is 1.87. The van der Waals surface area contributed by atoms with Crippen molar-refractivity contribution in [2.24, 2.45) is 0 Å². The van der Waals surface area contributed by atoms with Crippen LogP contribution in [0.4, 0.5) is 11.6 Å². The van der Waals surface area contributed by atoms with Crippen molar-refractivity contribution >= 4 is 57.1 Å². The number of halogens is 1. The number of carbonyl (C=O) groups is 2. The molecule has 2 aliphatic rings. The molecule has 62 heavy (non-hydrogen) atoms. The van der Waals surface area contributed by atoms with Gasteiger partial charge >= 0.3 is 123 Å². The Balaban J connectivity index is 0.000000207. The zero-order valence-corrected chi connectivity index (χ0v) is 42.4. The number of fused-ring (bicyclic) bond motifs is 2. The first-order valence-electron chi connectivity index (χ1n) is 22.6. The molecule has 4 aromatic heterocycles. The average molecular weight is 978 g/mol. The van der Waals surface area contributed by atoms with Crippen LogP contribution in [0.5, 0.6) is 0 Å². The third-order valence-corrected chi connectivity index (χ3v) is 26.0. The third kappa shape index (κ3) is 16.6. The second kappa shape index (κ2) is 24.7. The zero-order chi connectivity index (χ0) is 45.2. The normalized spacial score (nSPS) is 13.1. The van der Waals surface area contributed by atoms with Crippen LogP contribution in [0.2, 0.25) is 18.6 Å². The van der Waals surface area contributed by atoms with Gasteiger partial charge in [-0.1, -0.05) is 0 Å². The molecule has 338 valence electrons. The van der Waals surface area contributed by atoms with E-state index in [-0.39, 0.29) is 41.3 Å². The van der Waals surface area contributed by atoms with E-state index in [0.717, 1.165) is 66.9 Å². The van der Waals surface area contributed by atoms with E-state index in [0.29, 0.717) is 17.3 Å². The fraction of sp³-hybridized carbons (Fsp3) is 0.609. The van der Waals surface area contributed by atoms with Gasteiger partial charge in [0.15, 0.2) is 5.82 Å². The van der Waals surface area contributed by atoms with Crippen molar-refractivity contribution in [3.8, 4) is 11.5 Å². The summed E-state index contributed by atoms with van der Waals surface area (Å²) in [4.78, 5) is 58.4. The van der Waals surface area contributed by atoms with Crippen molar-refractivity contribution in [1.82, 2.24) is 50.5 Å². The first-order valence-corrected chi connectivity index (χ1v) is 30.5. The van der Waals surface area contributed by atoms with Gasteiger partial charge in [-0.3, -0.25) is 9.59 Å². The van der Waals surface area contributed by atoms with Crippen LogP contribution in [-0.2, 0) is 35.3 Å². The number of aromatic nitrogens is 8. The Hall–Kier alpha value is -4.05. The Bertz CT molecular complexity index is 1990. The van der Waals surface area contributed by atoms with Crippen LogP contribution in [0.3, 0.4) is 0 Å². The molecule has 0 aliphatic heterocycles. The van der Waals surface area contributed by atoms with Crippen LogP contribution in [0, 0.1) is 0 Å². The maximum atomic E-state index is 12.0. The number of nitrogens with zero attached hydrogens (tertiary/aromatic N) is 8. The number of nitrogens with one attached hydrogen (secondary N) is 4. The van der Waals surface area contributed by atoms with Gasteiger partial charge < -0.3 is 21.3 Å². The van der Waals surface area contributed by atoms with Gasteiger partial charge in [0.05, 0.1) is 18.8 Å². The molecular formula is C46H71ClN12O2Sn. The van der Waals surface area contributed by atoms with Crippen LogP contribution in [-0.4, -0.2) is 94.2 Å². The van der Waals surface area contributed by atoms with Gasteiger partial charge in [0, 0.05) is 34.1 Å². The van der Waals surface area contributed by atoms with Gasteiger partial charge in [0.2, 0.25) is 17.1 Å². The van der Waals surface area contributed by atoms with Gasteiger partial charge in [-0.2, -0.15) is 0 Å². The molecule has 4 aromatic rings. The topological polar surface area (TPSA) is 185 Å².